The standard InChI is InChI=1S/C68H60BN3OS/c1-66(2,3)47-31-33-50(34-32-47)72-60-41-52(70(48-23-13-9-14-24-48)49-25-15-10-16-26-49)40-59-63(60)69(65-64(72)54-42-55-56(43-62(54)74-65)68(6,7)37-36-67(55,4)5)57-35-30-46(53-28-17-18-29-61(53)73)39-58(57)71(59)51-27-19-22-45(38-51)44-20-11-8-12-21-44/h8-35,38-43,73H,36-37H2,1-7H3/i8D,9D,11D,12D,13D,14D,17D,18D,20D,21D,23D,24D,28D,29D. The van der Waals surface area contributed by atoms with Crippen LogP contribution in [0.25, 0.3) is 32.3 Å². The lowest BCUT2D eigenvalue weighted by molar-refractivity contribution is 0.332. The van der Waals surface area contributed by atoms with Crippen LogP contribution < -0.4 is 30.4 Å². The minimum atomic E-state index is -0.647. The number of aromatic hydroxyl groups is 1. The average molecular weight is 992 g/mol. The summed E-state index contributed by atoms with van der Waals surface area (Å²) in [5.74, 6) is -0.647. The highest BCUT2D eigenvalue weighted by atomic mass is 32.1. The van der Waals surface area contributed by atoms with Crippen molar-refractivity contribution in [2.75, 3.05) is 14.7 Å². The zero-order chi connectivity index (χ0) is 62.9. The van der Waals surface area contributed by atoms with Crippen molar-refractivity contribution in [3.8, 4) is 28.0 Å². The fourth-order valence-electron chi connectivity index (χ4n) is 11.5. The number of hydrogen-bond donors (Lipinski definition) is 1. The predicted molar refractivity (Wildman–Crippen MR) is 317 cm³/mol. The Morgan fingerprint density at radius 1 is 0.568 bits per heavy atom. The second-order valence-corrected chi connectivity index (χ2v) is 23.1. The Bertz CT molecular complexity index is 4570. The molecule has 0 atom stereocenters. The summed E-state index contributed by atoms with van der Waals surface area (Å²) < 4.78 is 128. The Labute approximate surface area is 460 Å². The van der Waals surface area contributed by atoms with E-state index in [1.54, 1.807) is 46.6 Å². The third-order valence-electron chi connectivity index (χ3n) is 15.4. The number of rotatable bonds is 7. The monoisotopic (exact) mass is 992 g/mol. The number of benzene rings is 9. The van der Waals surface area contributed by atoms with E-state index in [2.05, 4.69) is 89.8 Å². The van der Waals surface area contributed by atoms with Gasteiger partial charge in [0.1, 0.15) is 5.75 Å². The summed E-state index contributed by atoms with van der Waals surface area (Å²) in [4.78, 5) is 5.94. The lowest BCUT2D eigenvalue weighted by atomic mass is 9.36. The van der Waals surface area contributed by atoms with Gasteiger partial charge in [-0.3, -0.25) is 0 Å². The Morgan fingerprint density at radius 2 is 1.23 bits per heavy atom. The van der Waals surface area contributed by atoms with Crippen molar-refractivity contribution in [1.29, 1.82) is 0 Å². The molecule has 0 spiro atoms. The number of nitrogens with zero attached hydrogens (tertiary/aromatic N) is 3. The molecule has 1 aliphatic carbocycles. The number of hydrogen-bond acceptors (Lipinski definition) is 5. The van der Waals surface area contributed by atoms with Gasteiger partial charge in [-0.2, -0.15) is 0 Å². The quantitative estimate of drug-likeness (QED) is 0.161. The number of para-hydroxylation sites is 3. The predicted octanol–water partition coefficient (Wildman–Crippen LogP) is 17.1. The van der Waals surface area contributed by atoms with Crippen LogP contribution in [0, 0.1) is 0 Å². The summed E-state index contributed by atoms with van der Waals surface area (Å²) in [7, 11) is 0. The van der Waals surface area contributed by atoms with E-state index in [0.29, 0.717) is 39.7 Å². The minimum Gasteiger partial charge on any atom is -0.507 e. The Balaban J connectivity index is 1.22. The molecule has 3 aliphatic rings. The maximum absolute atomic E-state index is 11.8. The number of phenolic OH excluding ortho intramolecular Hbond substituents is 1. The molecule has 0 fully saturated rings. The van der Waals surface area contributed by atoms with Gasteiger partial charge in [0.25, 0.3) is 6.71 Å². The molecule has 0 radical (unpaired) electrons. The van der Waals surface area contributed by atoms with Gasteiger partial charge >= 0.3 is 0 Å². The molecule has 0 amide bonds. The van der Waals surface area contributed by atoms with Gasteiger partial charge in [-0.25, -0.2) is 0 Å². The largest absolute Gasteiger partial charge is 0.507 e. The van der Waals surface area contributed by atoms with Gasteiger partial charge in [-0.05, 0) is 158 Å². The van der Waals surface area contributed by atoms with Crippen LogP contribution in [-0.4, -0.2) is 11.8 Å². The second-order valence-electron chi connectivity index (χ2n) is 22.0. The van der Waals surface area contributed by atoms with Gasteiger partial charge in [0.15, 0.2) is 0 Å². The maximum Gasteiger partial charge on any atom is 0.264 e. The van der Waals surface area contributed by atoms with Crippen LogP contribution in [-0.2, 0) is 16.2 Å². The highest BCUT2D eigenvalue weighted by molar-refractivity contribution is 7.33. The van der Waals surface area contributed by atoms with Crippen molar-refractivity contribution in [2.45, 2.75) is 77.6 Å². The van der Waals surface area contributed by atoms with Gasteiger partial charge < -0.3 is 19.8 Å². The van der Waals surface area contributed by atoms with Gasteiger partial charge in [0.05, 0.1) is 30.6 Å². The van der Waals surface area contributed by atoms with E-state index in [4.69, 9.17) is 15.1 Å². The van der Waals surface area contributed by atoms with Crippen molar-refractivity contribution in [3.05, 3.63) is 223 Å². The Hall–Kier alpha value is -7.80. The Morgan fingerprint density at radius 3 is 1.95 bits per heavy atom. The molecule has 4 nitrogen and oxygen atoms in total. The SMILES string of the molecule is [2H]c1c([2H])c([2H])c(-c2cccc(N3c4cc(-c5c([2H])c([2H])c([2H])c([2H])c5O)ccc4B4c5sc6cc7c(cc6c5N(c5ccc(C(C)(C)C)cc5)c5cc(N(c6ccccc6)c6c([2H])c([2H])c([2H])c([2H])c6[2H])cc3c54)C(C)(C)CCC7(C)C)c2)c([2H])c1[2H]. The van der Waals surface area contributed by atoms with Gasteiger partial charge in [0, 0.05) is 60.2 Å². The summed E-state index contributed by atoms with van der Waals surface area (Å²) >= 11 is 1.70. The first-order valence-electron chi connectivity index (χ1n) is 32.1. The molecule has 9 aromatic carbocycles. The molecular weight excluding hydrogens is 918 g/mol. The molecule has 6 heteroatoms. The number of phenols is 1. The molecule has 3 heterocycles. The molecule has 10 aromatic rings. The van der Waals surface area contributed by atoms with Crippen LogP contribution in [0.2, 0.25) is 0 Å². The van der Waals surface area contributed by atoms with Crippen LogP contribution in [0.15, 0.2) is 206 Å². The molecule has 13 rings (SSSR count). The van der Waals surface area contributed by atoms with Crippen molar-refractivity contribution >= 4 is 95.0 Å². The van der Waals surface area contributed by atoms with Crippen LogP contribution in [0.3, 0.4) is 0 Å². The van der Waals surface area contributed by atoms with E-state index in [1.807, 2.05) is 59.5 Å². The molecule has 2 aliphatic heterocycles. The van der Waals surface area contributed by atoms with E-state index < -0.39 is 97.1 Å². The summed E-state index contributed by atoms with van der Waals surface area (Å²) in [6.45, 7) is 15.1. The lowest BCUT2D eigenvalue weighted by Crippen LogP contribution is -2.60. The van der Waals surface area contributed by atoms with Gasteiger partial charge in [0.2, 0.25) is 0 Å². The molecule has 0 unspecified atom stereocenters. The van der Waals surface area contributed by atoms with E-state index in [-0.39, 0.29) is 38.6 Å². The minimum absolute atomic E-state index is 0.0389. The first-order valence-corrected chi connectivity index (χ1v) is 25.9. The van der Waals surface area contributed by atoms with E-state index in [0.717, 1.165) is 55.6 Å². The highest BCUT2D eigenvalue weighted by Crippen LogP contribution is 2.54. The summed E-state index contributed by atoms with van der Waals surface area (Å²) in [6.07, 6.45) is 1.97. The summed E-state index contributed by atoms with van der Waals surface area (Å²) in [5, 5.41) is 12.8. The van der Waals surface area contributed by atoms with E-state index in [1.165, 1.54) is 11.1 Å². The van der Waals surface area contributed by atoms with Crippen LogP contribution in [0.5, 0.6) is 5.75 Å². The molecule has 74 heavy (non-hydrogen) atoms. The van der Waals surface area contributed by atoms with Crippen LogP contribution >= 0.6 is 11.3 Å². The Kier molecular flexibility index (Phi) is 7.67. The van der Waals surface area contributed by atoms with Crippen molar-refractivity contribution < 1.29 is 24.3 Å². The molecule has 1 aromatic heterocycles. The first-order chi connectivity index (χ1) is 41.5. The van der Waals surface area contributed by atoms with Crippen molar-refractivity contribution in [2.24, 2.45) is 0 Å². The highest BCUT2D eigenvalue weighted by Gasteiger charge is 2.47. The second kappa shape index (κ2) is 17.1. The summed E-state index contributed by atoms with van der Waals surface area (Å²) in [5.41, 5.74) is 9.71. The number of thiophene rings is 1. The third-order valence-corrected chi connectivity index (χ3v) is 16.7. The van der Waals surface area contributed by atoms with Crippen molar-refractivity contribution in [1.82, 2.24) is 0 Å². The van der Waals surface area contributed by atoms with Gasteiger partial charge in [-0.15, -0.1) is 11.3 Å². The van der Waals surface area contributed by atoms with Crippen molar-refractivity contribution in [3.63, 3.8) is 0 Å². The smallest absolute Gasteiger partial charge is 0.264 e. The fourth-order valence-corrected chi connectivity index (χ4v) is 12.9. The molecular formula is C68H60BN3OS. The van der Waals surface area contributed by atoms with E-state index >= 15 is 0 Å². The zero-order valence-corrected chi connectivity index (χ0v) is 43.1. The lowest BCUT2D eigenvalue weighted by Gasteiger charge is -2.44. The van der Waals surface area contributed by atoms with E-state index in [9.17, 15) is 9.22 Å². The molecule has 362 valence electrons. The maximum atomic E-state index is 11.8. The molecule has 0 saturated carbocycles. The topological polar surface area (TPSA) is 30.0 Å². The third kappa shape index (κ3) is 7.48. The van der Waals surface area contributed by atoms with Crippen LogP contribution in [0.4, 0.5) is 51.2 Å². The zero-order valence-electron chi connectivity index (χ0n) is 56.2. The fraction of sp³-hybridized carbons (Fsp3) is 0.176. The van der Waals surface area contributed by atoms with Gasteiger partial charge in [-0.1, -0.05) is 170 Å². The average Bonchev–Trinajstić information content (AvgIpc) is 1.23. The summed E-state index contributed by atoms with van der Waals surface area (Å²) in [6, 6.07) is 31.7. The molecule has 0 saturated heterocycles. The first kappa shape index (κ1) is 33.1. The molecule has 0 bridgehead atoms. The van der Waals surface area contributed by atoms with Crippen LogP contribution in [0.1, 0.15) is 97.2 Å². The molecule has 1 N–H and O–H groups in total. The number of fused-ring (bicyclic) bond motifs is 7. The normalized spacial score (nSPS) is 17.7. The number of anilines is 9.